The highest BCUT2D eigenvalue weighted by Crippen LogP contribution is 2.15. The van der Waals surface area contributed by atoms with Crippen molar-refractivity contribution in [3.63, 3.8) is 0 Å². The molecule has 0 saturated heterocycles. The van der Waals surface area contributed by atoms with E-state index in [0.717, 1.165) is 5.56 Å². The van der Waals surface area contributed by atoms with Gasteiger partial charge < -0.3 is 0 Å². The lowest BCUT2D eigenvalue weighted by atomic mass is 10.1. The van der Waals surface area contributed by atoms with Crippen molar-refractivity contribution in [3.05, 3.63) is 46.3 Å². The Bertz CT molecular complexity index is 264. The largest absolute Gasteiger partial charge is 0.0862 e. The smallest absolute Gasteiger partial charge is 0.0597 e. The first kappa shape index (κ1) is 20.9. The Labute approximate surface area is 107 Å². The molecule has 1 unspecified atom stereocenters. The van der Waals surface area contributed by atoms with Crippen LogP contribution < -0.4 is 0 Å². The fourth-order valence-electron chi connectivity index (χ4n) is 0.876. The van der Waals surface area contributed by atoms with E-state index in [-0.39, 0.29) is 6.04 Å². The second kappa shape index (κ2) is 20.0. The molecule has 0 aromatic heterocycles. The predicted molar refractivity (Wildman–Crippen MR) is 78.0 cm³/mol. The van der Waals surface area contributed by atoms with Crippen LogP contribution in [-0.4, -0.2) is 0 Å². The van der Waals surface area contributed by atoms with Crippen molar-refractivity contribution < 1.29 is 0 Å². The van der Waals surface area contributed by atoms with E-state index < -0.39 is 0 Å². The number of nitrogens with zero attached hydrogens (tertiary/aromatic N) is 3. The molecule has 1 rings (SSSR count). The molecule has 1 aromatic rings. The second-order valence-corrected chi connectivity index (χ2v) is 2.29. The van der Waals surface area contributed by atoms with Gasteiger partial charge in [0, 0.05) is 4.91 Å². The van der Waals surface area contributed by atoms with Crippen LogP contribution in [0.25, 0.3) is 10.4 Å². The minimum absolute atomic E-state index is 0.0683. The molecule has 0 fully saturated rings. The van der Waals surface area contributed by atoms with Crippen LogP contribution in [0.1, 0.15) is 60.1 Å². The Morgan fingerprint density at radius 1 is 0.941 bits per heavy atom. The maximum atomic E-state index is 8.16. The highest BCUT2D eigenvalue weighted by atomic mass is 15.1. The SMILES string of the molecule is CC.CC.CC.CC(N=[N+]=[N-])c1ccccc1. The highest BCUT2D eigenvalue weighted by molar-refractivity contribution is 5.17. The van der Waals surface area contributed by atoms with Gasteiger partial charge >= 0.3 is 0 Å². The zero-order valence-electron chi connectivity index (χ0n) is 12.3. The molecular weight excluding hydrogens is 210 g/mol. The molecule has 98 valence electrons. The van der Waals surface area contributed by atoms with Gasteiger partial charge in [-0.3, -0.25) is 0 Å². The normalized spacial score (nSPS) is 8.65. The molecule has 1 aromatic carbocycles. The minimum Gasteiger partial charge on any atom is -0.0862 e. The van der Waals surface area contributed by atoms with Crippen LogP contribution in [0.15, 0.2) is 35.4 Å². The zero-order valence-corrected chi connectivity index (χ0v) is 12.3. The maximum absolute atomic E-state index is 8.16. The van der Waals surface area contributed by atoms with Crippen molar-refractivity contribution in [1.82, 2.24) is 0 Å². The number of hydrogen-bond donors (Lipinski definition) is 0. The fourth-order valence-corrected chi connectivity index (χ4v) is 0.876. The summed E-state index contributed by atoms with van der Waals surface area (Å²) in [7, 11) is 0. The fraction of sp³-hybridized carbons (Fsp3) is 0.571. The van der Waals surface area contributed by atoms with Gasteiger partial charge in [-0.05, 0) is 11.1 Å². The van der Waals surface area contributed by atoms with Crippen LogP contribution >= 0.6 is 0 Å². The van der Waals surface area contributed by atoms with Crippen molar-refractivity contribution in [2.45, 2.75) is 54.5 Å². The summed E-state index contributed by atoms with van der Waals surface area (Å²) in [5, 5.41) is 3.58. The van der Waals surface area contributed by atoms with Crippen LogP contribution in [0, 0.1) is 0 Å². The Morgan fingerprint density at radius 3 is 1.71 bits per heavy atom. The molecule has 3 heteroatoms. The van der Waals surface area contributed by atoms with Crippen LogP contribution in [0.2, 0.25) is 0 Å². The summed E-state index contributed by atoms with van der Waals surface area (Å²) < 4.78 is 0. The van der Waals surface area contributed by atoms with Gasteiger partial charge in [0.25, 0.3) is 0 Å². The van der Waals surface area contributed by atoms with Gasteiger partial charge in [0.05, 0.1) is 6.04 Å². The molecule has 0 amide bonds. The van der Waals surface area contributed by atoms with E-state index >= 15 is 0 Å². The standard InChI is InChI=1S/C8H9N3.3C2H6/c1-7(10-11-9)8-5-3-2-4-6-8;3*1-2/h2-7H,1H3;3*1-2H3. The molecule has 17 heavy (non-hydrogen) atoms. The predicted octanol–water partition coefficient (Wildman–Crippen LogP) is 6.14. The van der Waals surface area contributed by atoms with Crippen LogP contribution in [0.4, 0.5) is 0 Å². The Kier molecular flexibility index (Phi) is 24.6. The summed E-state index contributed by atoms with van der Waals surface area (Å²) in [6.45, 7) is 13.9. The first-order valence-electron chi connectivity index (χ1n) is 6.43. The molecule has 3 nitrogen and oxygen atoms in total. The topological polar surface area (TPSA) is 48.8 Å². The summed E-state index contributed by atoms with van der Waals surface area (Å²) >= 11 is 0. The molecule has 0 radical (unpaired) electrons. The molecule has 0 heterocycles. The van der Waals surface area contributed by atoms with Gasteiger partial charge in [-0.15, -0.1) is 0 Å². The number of benzene rings is 1. The van der Waals surface area contributed by atoms with Crippen molar-refractivity contribution >= 4 is 0 Å². The van der Waals surface area contributed by atoms with Crippen molar-refractivity contribution in [2.75, 3.05) is 0 Å². The van der Waals surface area contributed by atoms with E-state index in [4.69, 9.17) is 5.53 Å². The van der Waals surface area contributed by atoms with Gasteiger partial charge in [-0.25, -0.2) is 0 Å². The molecule has 0 aliphatic heterocycles. The van der Waals surface area contributed by atoms with E-state index in [1.165, 1.54) is 0 Å². The lowest BCUT2D eigenvalue weighted by molar-refractivity contribution is 0.808. The molecule has 0 aliphatic rings. The van der Waals surface area contributed by atoms with E-state index in [1.807, 2.05) is 78.8 Å². The summed E-state index contributed by atoms with van der Waals surface area (Å²) in [6, 6.07) is 9.61. The second-order valence-electron chi connectivity index (χ2n) is 2.29. The van der Waals surface area contributed by atoms with E-state index in [0.29, 0.717) is 0 Å². The average molecular weight is 237 g/mol. The van der Waals surface area contributed by atoms with Gasteiger partial charge in [-0.1, -0.05) is 83.9 Å². The quantitative estimate of drug-likeness (QED) is 0.337. The molecular formula is C14H27N3. The van der Waals surface area contributed by atoms with Crippen molar-refractivity contribution in [2.24, 2.45) is 5.11 Å². The van der Waals surface area contributed by atoms with Gasteiger partial charge in [0.2, 0.25) is 0 Å². The Hall–Kier alpha value is -1.47. The van der Waals surface area contributed by atoms with Gasteiger partial charge in [0.1, 0.15) is 0 Å². The molecule has 0 aliphatic carbocycles. The molecule has 0 spiro atoms. The third-order valence-corrected chi connectivity index (χ3v) is 1.51. The Morgan fingerprint density at radius 2 is 1.35 bits per heavy atom. The highest BCUT2D eigenvalue weighted by Gasteiger charge is 1.98. The van der Waals surface area contributed by atoms with Crippen LogP contribution in [-0.2, 0) is 0 Å². The van der Waals surface area contributed by atoms with Gasteiger partial charge in [0.15, 0.2) is 0 Å². The molecule has 0 N–H and O–H groups in total. The number of hydrogen-bond acceptors (Lipinski definition) is 1. The third-order valence-electron chi connectivity index (χ3n) is 1.51. The monoisotopic (exact) mass is 237 g/mol. The lowest BCUT2D eigenvalue weighted by Crippen LogP contribution is -1.85. The summed E-state index contributed by atoms with van der Waals surface area (Å²) in [6.07, 6.45) is 0. The molecule has 0 bridgehead atoms. The maximum Gasteiger partial charge on any atom is 0.0597 e. The summed E-state index contributed by atoms with van der Waals surface area (Å²) in [4.78, 5) is 2.74. The van der Waals surface area contributed by atoms with E-state index in [2.05, 4.69) is 10.0 Å². The molecule has 1 atom stereocenters. The van der Waals surface area contributed by atoms with Gasteiger partial charge in [-0.2, -0.15) is 0 Å². The minimum atomic E-state index is -0.0683. The summed E-state index contributed by atoms with van der Waals surface area (Å²) in [5.74, 6) is 0. The van der Waals surface area contributed by atoms with E-state index in [9.17, 15) is 0 Å². The Balaban J connectivity index is -0.000000285. The number of azide groups is 1. The van der Waals surface area contributed by atoms with Crippen molar-refractivity contribution in [1.29, 1.82) is 0 Å². The third kappa shape index (κ3) is 12.5. The lowest BCUT2D eigenvalue weighted by Gasteiger charge is -2.01. The zero-order chi connectivity index (χ0) is 14.1. The van der Waals surface area contributed by atoms with Crippen LogP contribution in [0.5, 0.6) is 0 Å². The first-order valence-corrected chi connectivity index (χ1v) is 6.43. The average Bonchev–Trinajstić information content (AvgIpc) is 2.46. The summed E-state index contributed by atoms with van der Waals surface area (Å²) in [5.41, 5.74) is 9.20. The van der Waals surface area contributed by atoms with E-state index in [1.54, 1.807) is 0 Å². The van der Waals surface area contributed by atoms with Crippen molar-refractivity contribution in [3.8, 4) is 0 Å². The molecule has 0 saturated carbocycles. The first-order chi connectivity index (χ1) is 8.34. The van der Waals surface area contributed by atoms with Crippen LogP contribution in [0.3, 0.4) is 0 Å². The number of rotatable bonds is 2.